The van der Waals surface area contributed by atoms with Gasteiger partial charge in [0, 0.05) is 19.6 Å². The summed E-state index contributed by atoms with van der Waals surface area (Å²) in [5.41, 5.74) is 5.07. The van der Waals surface area contributed by atoms with E-state index in [0.717, 1.165) is 6.42 Å². The second-order valence-electron chi connectivity index (χ2n) is 4.51. The lowest BCUT2D eigenvalue weighted by atomic mass is 10.1. The summed E-state index contributed by atoms with van der Waals surface area (Å²) in [6, 6.07) is 0. The van der Waals surface area contributed by atoms with Crippen molar-refractivity contribution in [2.45, 2.75) is 32.3 Å². The molecule has 2 N–H and O–H groups in total. The van der Waals surface area contributed by atoms with Crippen molar-refractivity contribution in [3.05, 3.63) is 0 Å². The maximum atomic E-state index is 12.0. The molecule has 16 heavy (non-hydrogen) atoms. The van der Waals surface area contributed by atoms with Crippen molar-refractivity contribution in [1.82, 2.24) is 4.31 Å². The molecule has 0 spiro atoms. The molecule has 1 atom stereocenters. The van der Waals surface area contributed by atoms with Gasteiger partial charge in [0.2, 0.25) is 10.0 Å². The van der Waals surface area contributed by atoms with Gasteiger partial charge in [-0.2, -0.15) is 4.31 Å². The number of nitrogens with zero attached hydrogens (tertiary/aromatic N) is 1. The Hall–Kier alpha value is -0.170. The summed E-state index contributed by atoms with van der Waals surface area (Å²) in [4.78, 5) is 0. The molecule has 0 aromatic heterocycles. The Balaban J connectivity index is 2.66. The molecule has 6 heteroatoms. The third-order valence-corrected chi connectivity index (χ3v) is 4.79. The molecule has 1 saturated heterocycles. The molecule has 1 rings (SSSR count). The van der Waals surface area contributed by atoms with Gasteiger partial charge in [-0.1, -0.05) is 13.3 Å². The zero-order chi connectivity index (χ0) is 12.2. The van der Waals surface area contributed by atoms with Crippen LogP contribution in [-0.4, -0.2) is 50.3 Å². The first-order valence-corrected chi connectivity index (χ1v) is 7.36. The number of nitrogens with two attached hydrogens (primary N) is 1. The molecule has 96 valence electrons. The highest BCUT2D eigenvalue weighted by Gasteiger charge is 2.35. The Labute approximate surface area is 98.0 Å². The second kappa shape index (κ2) is 5.44. The van der Waals surface area contributed by atoms with Crippen molar-refractivity contribution in [3.8, 4) is 0 Å². The SMILES string of the molecule is CCCCS(=O)(=O)N1CCOC(C)(CN)C1. The fraction of sp³-hybridized carbons (Fsp3) is 1.00. The van der Waals surface area contributed by atoms with E-state index in [-0.39, 0.29) is 5.75 Å². The Bertz CT molecular complexity index is 318. The number of ether oxygens (including phenoxy) is 1. The van der Waals surface area contributed by atoms with Crippen molar-refractivity contribution < 1.29 is 13.2 Å². The Morgan fingerprint density at radius 3 is 2.75 bits per heavy atom. The van der Waals surface area contributed by atoms with Crippen molar-refractivity contribution in [1.29, 1.82) is 0 Å². The van der Waals surface area contributed by atoms with Crippen molar-refractivity contribution in [2.75, 3.05) is 32.0 Å². The average Bonchev–Trinajstić information content (AvgIpc) is 2.27. The molecule has 1 heterocycles. The van der Waals surface area contributed by atoms with Gasteiger partial charge in [0.1, 0.15) is 0 Å². The van der Waals surface area contributed by atoms with E-state index < -0.39 is 15.6 Å². The van der Waals surface area contributed by atoms with Gasteiger partial charge in [0.25, 0.3) is 0 Å². The van der Waals surface area contributed by atoms with E-state index in [4.69, 9.17) is 10.5 Å². The van der Waals surface area contributed by atoms with Crippen LogP contribution in [0.4, 0.5) is 0 Å². The van der Waals surface area contributed by atoms with Gasteiger partial charge in [-0.3, -0.25) is 0 Å². The lowest BCUT2D eigenvalue weighted by Crippen LogP contribution is -2.55. The Morgan fingerprint density at radius 1 is 1.50 bits per heavy atom. The predicted molar refractivity (Wildman–Crippen MR) is 63.7 cm³/mol. The van der Waals surface area contributed by atoms with Crippen LogP contribution >= 0.6 is 0 Å². The van der Waals surface area contributed by atoms with Gasteiger partial charge in [0.05, 0.1) is 18.0 Å². The van der Waals surface area contributed by atoms with Crippen LogP contribution in [0, 0.1) is 0 Å². The van der Waals surface area contributed by atoms with Gasteiger partial charge in [-0.15, -0.1) is 0 Å². The summed E-state index contributed by atoms with van der Waals surface area (Å²) < 4.78 is 31.0. The smallest absolute Gasteiger partial charge is 0.214 e. The average molecular weight is 250 g/mol. The molecule has 1 unspecified atom stereocenters. The molecule has 0 saturated carbocycles. The second-order valence-corrected chi connectivity index (χ2v) is 6.59. The van der Waals surface area contributed by atoms with E-state index >= 15 is 0 Å². The lowest BCUT2D eigenvalue weighted by molar-refractivity contribution is -0.0702. The highest BCUT2D eigenvalue weighted by molar-refractivity contribution is 7.89. The van der Waals surface area contributed by atoms with Crippen LogP contribution in [0.25, 0.3) is 0 Å². The van der Waals surface area contributed by atoms with Gasteiger partial charge in [-0.25, -0.2) is 8.42 Å². The van der Waals surface area contributed by atoms with Crippen LogP contribution in [0.3, 0.4) is 0 Å². The van der Waals surface area contributed by atoms with Crippen LogP contribution in [0.15, 0.2) is 0 Å². The lowest BCUT2D eigenvalue weighted by Gasteiger charge is -2.39. The van der Waals surface area contributed by atoms with Crippen LogP contribution in [0.5, 0.6) is 0 Å². The van der Waals surface area contributed by atoms with E-state index in [2.05, 4.69) is 0 Å². The number of hydrogen-bond donors (Lipinski definition) is 1. The van der Waals surface area contributed by atoms with E-state index in [1.165, 1.54) is 4.31 Å². The quantitative estimate of drug-likeness (QED) is 0.754. The number of unbranched alkanes of at least 4 members (excludes halogenated alkanes) is 1. The molecule has 0 amide bonds. The summed E-state index contributed by atoms with van der Waals surface area (Å²) in [5, 5.41) is 0. The van der Waals surface area contributed by atoms with E-state index in [1.54, 1.807) is 0 Å². The first-order chi connectivity index (χ1) is 7.43. The summed E-state index contributed by atoms with van der Waals surface area (Å²) in [5.74, 6) is 0.226. The van der Waals surface area contributed by atoms with E-state index in [9.17, 15) is 8.42 Å². The van der Waals surface area contributed by atoms with Gasteiger partial charge >= 0.3 is 0 Å². The highest BCUT2D eigenvalue weighted by Crippen LogP contribution is 2.19. The third-order valence-electron chi connectivity index (χ3n) is 2.88. The summed E-state index contributed by atoms with van der Waals surface area (Å²) >= 11 is 0. The molecule has 0 bridgehead atoms. The number of morpholine rings is 1. The molecule has 1 aliphatic heterocycles. The molecular formula is C10H22N2O3S. The normalized spacial score (nSPS) is 28.2. The van der Waals surface area contributed by atoms with Crippen LogP contribution in [0.1, 0.15) is 26.7 Å². The van der Waals surface area contributed by atoms with E-state index in [1.807, 2.05) is 13.8 Å². The van der Waals surface area contributed by atoms with E-state index in [0.29, 0.717) is 32.7 Å². The minimum absolute atomic E-state index is 0.226. The molecule has 1 aliphatic rings. The third kappa shape index (κ3) is 3.41. The Kier molecular flexibility index (Phi) is 4.73. The summed E-state index contributed by atoms with van der Waals surface area (Å²) in [6.45, 7) is 5.43. The van der Waals surface area contributed by atoms with Crippen molar-refractivity contribution >= 4 is 10.0 Å². The molecule has 0 radical (unpaired) electrons. The highest BCUT2D eigenvalue weighted by atomic mass is 32.2. The maximum absolute atomic E-state index is 12.0. The van der Waals surface area contributed by atoms with Crippen molar-refractivity contribution in [2.24, 2.45) is 5.73 Å². The van der Waals surface area contributed by atoms with Gasteiger partial charge in [0.15, 0.2) is 0 Å². The first-order valence-electron chi connectivity index (χ1n) is 5.75. The minimum Gasteiger partial charge on any atom is -0.371 e. The van der Waals surface area contributed by atoms with Crippen LogP contribution in [-0.2, 0) is 14.8 Å². The topological polar surface area (TPSA) is 72.6 Å². The molecule has 0 aromatic carbocycles. The molecule has 5 nitrogen and oxygen atoms in total. The maximum Gasteiger partial charge on any atom is 0.214 e. The zero-order valence-corrected chi connectivity index (χ0v) is 10.9. The van der Waals surface area contributed by atoms with Crippen LogP contribution in [0.2, 0.25) is 0 Å². The first kappa shape index (κ1) is 13.9. The molecule has 0 aromatic rings. The predicted octanol–water partition coefficient (Wildman–Crippen LogP) is 0.166. The van der Waals surface area contributed by atoms with Crippen molar-refractivity contribution in [3.63, 3.8) is 0 Å². The fourth-order valence-electron chi connectivity index (χ4n) is 1.71. The summed E-state index contributed by atoms with van der Waals surface area (Å²) in [6.07, 6.45) is 1.59. The van der Waals surface area contributed by atoms with Crippen LogP contribution < -0.4 is 5.73 Å². The monoisotopic (exact) mass is 250 g/mol. The standard InChI is InChI=1S/C10H22N2O3S/c1-3-4-7-16(13,14)12-5-6-15-10(2,8-11)9-12/h3-9,11H2,1-2H3. The zero-order valence-electron chi connectivity index (χ0n) is 10.1. The Morgan fingerprint density at radius 2 is 2.19 bits per heavy atom. The number of rotatable bonds is 5. The summed E-state index contributed by atoms with van der Waals surface area (Å²) in [7, 11) is -3.13. The largest absolute Gasteiger partial charge is 0.371 e. The number of hydrogen-bond acceptors (Lipinski definition) is 4. The fourth-order valence-corrected chi connectivity index (χ4v) is 3.44. The minimum atomic E-state index is -3.13. The number of sulfonamides is 1. The molecular weight excluding hydrogens is 228 g/mol. The van der Waals surface area contributed by atoms with Gasteiger partial charge in [-0.05, 0) is 13.3 Å². The molecule has 1 fully saturated rings. The van der Waals surface area contributed by atoms with Gasteiger partial charge < -0.3 is 10.5 Å². The molecule has 0 aliphatic carbocycles.